The first-order valence-electron chi connectivity index (χ1n) is 7.44. The molecule has 0 spiro atoms. The number of halogens is 2. The van der Waals surface area contributed by atoms with Crippen molar-refractivity contribution in [2.45, 2.75) is 19.9 Å². The molecule has 0 unspecified atom stereocenters. The van der Waals surface area contributed by atoms with Gasteiger partial charge < -0.3 is 20.4 Å². The molecular weight excluding hydrogens is 446 g/mol. The van der Waals surface area contributed by atoms with Gasteiger partial charge in [-0.25, -0.2) is 4.98 Å². The molecule has 0 amide bonds. The van der Waals surface area contributed by atoms with E-state index >= 15 is 0 Å². The molecule has 0 saturated heterocycles. The van der Waals surface area contributed by atoms with Gasteiger partial charge in [0.25, 0.3) is 0 Å². The molecule has 2 aromatic rings. The number of fused-ring (bicyclic) bond motifs is 1. The lowest BCUT2D eigenvalue weighted by atomic mass is 10.2. The summed E-state index contributed by atoms with van der Waals surface area (Å²) in [5.41, 5.74) is 6.35. The third-order valence-electron chi connectivity index (χ3n) is 3.34. The van der Waals surface area contributed by atoms with Gasteiger partial charge in [0.15, 0.2) is 5.52 Å². The van der Waals surface area contributed by atoms with E-state index in [4.69, 9.17) is 10.5 Å². The lowest BCUT2D eigenvalue weighted by Crippen LogP contribution is -2.16. The molecule has 0 fully saturated rings. The quantitative estimate of drug-likeness (QED) is 0.352. The highest BCUT2D eigenvalue weighted by atomic mass is 79.9. The van der Waals surface area contributed by atoms with Crippen LogP contribution < -0.4 is 11.1 Å². The fraction of sp³-hybridized carbons (Fsp3) is 0.500. The van der Waals surface area contributed by atoms with Crippen LogP contribution in [0.4, 0.5) is 11.6 Å². The largest absolute Gasteiger partial charge is 0.378 e. The average Bonchev–Trinajstić information content (AvgIpc) is 2.85. The number of hydrogen-bond donors (Lipinski definition) is 2. The van der Waals surface area contributed by atoms with E-state index in [9.17, 15) is 10.1 Å². The Balaban J connectivity index is 2.46. The summed E-state index contributed by atoms with van der Waals surface area (Å²) < 4.78 is 8.26. The normalized spacial score (nSPS) is 11.4. The number of imidazole rings is 1. The molecule has 1 aromatic heterocycles. The van der Waals surface area contributed by atoms with Crippen molar-refractivity contribution < 1.29 is 9.66 Å². The Bertz CT molecular complexity index is 748. The highest BCUT2D eigenvalue weighted by Gasteiger charge is 2.26. The number of nitro groups is 1. The van der Waals surface area contributed by atoms with E-state index in [2.05, 4.69) is 42.2 Å². The third kappa shape index (κ3) is 3.88. The van der Waals surface area contributed by atoms with Crippen LogP contribution in [-0.4, -0.2) is 40.8 Å². The summed E-state index contributed by atoms with van der Waals surface area (Å²) in [6, 6.07) is 1.91. The van der Waals surface area contributed by atoms with Crippen molar-refractivity contribution in [1.29, 1.82) is 0 Å². The maximum atomic E-state index is 11.5. The molecular formula is C14H19Br2N5O3. The molecule has 0 aliphatic rings. The van der Waals surface area contributed by atoms with Crippen LogP contribution >= 0.6 is 31.9 Å². The molecule has 3 N–H and O–H groups in total. The summed E-state index contributed by atoms with van der Waals surface area (Å²) in [6.45, 7) is 5.98. The van der Waals surface area contributed by atoms with E-state index < -0.39 is 4.92 Å². The minimum atomic E-state index is -0.428. The highest BCUT2D eigenvalue weighted by molar-refractivity contribution is 9.13. The number of benzene rings is 1. The lowest BCUT2D eigenvalue weighted by Gasteiger charge is -2.14. The molecule has 10 heteroatoms. The predicted octanol–water partition coefficient (Wildman–Crippen LogP) is 3.44. The van der Waals surface area contributed by atoms with E-state index in [0.717, 1.165) is 0 Å². The van der Waals surface area contributed by atoms with Crippen molar-refractivity contribution in [3.63, 3.8) is 0 Å². The van der Waals surface area contributed by atoms with Crippen LogP contribution in [0.1, 0.15) is 19.9 Å². The summed E-state index contributed by atoms with van der Waals surface area (Å²) in [5.74, 6) is 0.574. The van der Waals surface area contributed by atoms with Crippen molar-refractivity contribution in [2.75, 3.05) is 31.6 Å². The van der Waals surface area contributed by atoms with Gasteiger partial charge in [-0.2, -0.15) is 0 Å². The van der Waals surface area contributed by atoms with Crippen LogP contribution in [0.3, 0.4) is 0 Å². The Morgan fingerprint density at radius 3 is 2.75 bits per heavy atom. The molecule has 0 aliphatic heterocycles. The number of rotatable bonds is 8. The fourth-order valence-electron chi connectivity index (χ4n) is 2.39. The van der Waals surface area contributed by atoms with E-state index in [-0.39, 0.29) is 11.7 Å². The maximum absolute atomic E-state index is 11.5. The number of nitrogens with one attached hydrogen (secondary N) is 1. The summed E-state index contributed by atoms with van der Waals surface area (Å²) in [7, 11) is 0. The third-order valence-corrected chi connectivity index (χ3v) is 5.30. The van der Waals surface area contributed by atoms with E-state index in [1.807, 2.05) is 24.5 Å². The summed E-state index contributed by atoms with van der Waals surface area (Å²) in [4.78, 5) is 15.5. The number of nitrogens with two attached hydrogens (primary N) is 1. The minimum Gasteiger partial charge on any atom is -0.378 e. The number of aromatic nitrogens is 2. The zero-order chi connectivity index (χ0) is 17.9. The first-order valence-corrected chi connectivity index (χ1v) is 9.03. The second-order valence-corrected chi connectivity index (χ2v) is 7.02. The first-order chi connectivity index (χ1) is 11.4. The van der Waals surface area contributed by atoms with Crippen LogP contribution in [0.25, 0.3) is 11.0 Å². The summed E-state index contributed by atoms with van der Waals surface area (Å²) in [6.07, 6.45) is 0. The van der Waals surface area contributed by atoms with E-state index in [1.54, 1.807) is 0 Å². The fourth-order valence-corrected chi connectivity index (χ4v) is 3.24. The van der Waals surface area contributed by atoms with Gasteiger partial charge in [0.2, 0.25) is 5.95 Å². The molecule has 1 heterocycles. The molecule has 1 aromatic carbocycles. The van der Waals surface area contributed by atoms with Crippen LogP contribution in [-0.2, 0) is 4.74 Å². The maximum Gasteiger partial charge on any atom is 0.312 e. The Hall–Kier alpha value is -1.23. The van der Waals surface area contributed by atoms with Gasteiger partial charge in [0, 0.05) is 23.6 Å². The van der Waals surface area contributed by atoms with Crippen molar-refractivity contribution in [1.82, 2.24) is 9.55 Å². The molecule has 0 aliphatic carbocycles. The van der Waals surface area contributed by atoms with Gasteiger partial charge in [-0.15, -0.1) is 0 Å². The van der Waals surface area contributed by atoms with Gasteiger partial charge in [0.05, 0.1) is 23.7 Å². The highest BCUT2D eigenvalue weighted by Crippen LogP contribution is 2.40. The topological polar surface area (TPSA) is 108 Å². The average molecular weight is 465 g/mol. The monoisotopic (exact) mass is 463 g/mol. The van der Waals surface area contributed by atoms with Crippen LogP contribution in [0.5, 0.6) is 0 Å². The zero-order valence-electron chi connectivity index (χ0n) is 13.4. The van der Waals surface area contributed by atoms with E-state index in [1.165, 1.54) is 0 Å². The first kappa shape index (κ1) is 19.1. The molecule has 2 rings (SSSR count). The lowest BCUT2D eigenvalue weighted by molar-refractivity contribution is -0.384. The Morgan fingerprint density at radius 2 is 2.17 bits per heavy atom. The molecule has 0 bridgehead atoms. The number of anilines is 1. The smallest absolute Gasteiger partial charge is 0.312 e. The van der Waals surface area contributed by atoms with Gasteiger partial charge in [-0.3, -0.25) is 10.1 Å². The molecule has 0 atom stereocenters. The number of hydrogen-bond acceptors (Lipinski definition) is 6. The van der Waals surface area contributed by atoms with Crippen molar-refractivity contribution in [3.05, 3.63) is 25.1 Å². The minimum absolute atomic E-state index is 0.0544. The molecule has 0 saturated carbocycles. The van der Waals surface area contributed by atoms with Crippen molar-refractivity contribution in [2.24, 2.45) is 5.73 Å². The Kier molecular flexibility index (Phi) is 6.55. The standard InChI is InChI=1S/C14H19Br2N5O3/c1-8(2)20-10-7-9(15)11(16)13(21(22)23)12(10)19-14(20)18-4-6-24-5-3-17/h7-8H,3-6,17H2,1-2H3,(H,18,19). The van der Waals surface area contributed by atoms with Crippen molar-refractivity contribution in [3.8, 4) is 0 Å². The zero-order valence-corrected chi connectivity index (χ0v) is 16.6. The Morgan fingerprint density at radius 1 is 1.46 bits per heavy atom. The molecule has 8 nitrogen and oxygen atoms in total. The van der Waals surface area contributed by atoms with E-state index in [0.29, 0.717) is 52.2 Å². The second-order valence-electron chi connectivity index (χ2n) is 5.37. The number of nitrogens with zero attached hydrogens (tertiary/aromatic N) is 3. The Labute approximate surface area is 156 Å². The summed E-state index contributed by atoms with van der Waals surface area (Å²) >= 11 is 6.63. The van der Waals surface area contributed by atoms with Crippen molar-refractivity contribution >= 4 is 54.5 Å². The molecule has 0 radical (unpaired) electrons. The van der Waals surface area contributed by atoms with Gasteiger partial charge in [-0.1, -0.05) is 0 Å². The molecule has 132 valence electrons. The molecule has 24 heavy (non-hydrogen) atoms. The van der Waals surface area contributed by atoms with Gasteiger partial charge in [-0.05, 0) is 51.8 Å². The number of ether oxygens (including phenoxy) is 1. The summed E-state index contributed by atoms with van der Waals surface area (Å²) in [5, 5.41) is 14.6. The van der Waals surface area contributed by atoms with Crippen LogP contribution in [0.2, 0.25) is 0 Å². The number of nitro benzene ring substituents is 1. The second kappa shape index (κ2) is 8.24. The van der Waals surface area contributed by atoms with Crippen LogP contribution in [0.15, 0.2) is 15.0 Å². The van der Waals surface area contributed by atoms with Gasteiger partial charge in [0.1, 0.15) is 4.47 Å². The SMILES string of the molecule is CC(C)n1c(NCCOCCN)nc2c([N+](=O)[O-])c(Br)c(Br)cc21. The predicted molar refractivity (Wildman–Crippen MR) is 101 cm³/mol. The van der Waals surface area contributed by atoms with Crippen LogP contribution in [0, 0.1) is 10.1 Å². The van der Waals surface area contributed by atoms with Gasteiger partial charge >= 0.3 is 5.69 Å².